The van der Waals surface area contributed by atoms with Gasteiger partial charge in [-0.3, -0.25) is 4.98 Å². The topological polar surface area (TPSA) is 38.1 Å². The average molecular weight is 270 g/mol. The van der Waals surface area contributed by atoms with Gasteiger partial charge in [0.15, 0.2) is 0 Å². The lowest BCUT2D eigenvalue weighted by Crippen LogP contribution is -2.18. The van der Waals surface area contributed by atoms with E-state index in [1.54, 1.807) is 6.20 Å². The van der Waals surface area contributed by atoms with Gasteiger partial charge in [-0.05, 0) is 42.8 Å². The molecule has 2 aromatic rings. The highest BCUT2D eigenvalue weighted by Crippen LogP contribution is 2.23. The molecule has 20 heavy (non-hydrogen) atoms. The van der Waals surface area contributed by atoms with Crippen LogP contribution in [0.2, 0.25) is 0 Å². The van der Waals surface area contributed by atoms with Gasteiger partial charge in [0, 0.05) is 24.5 Å². The largest absolute Gasteiger partial charge is 0.457 e. The summed E-state index contributed by atoms with van der Waals surface area (Å²) in [5.74, 6) is 2.25. The number of pyridine rings is 1. The van der Waals surface area contributed by atoms with Crippen molar-refractivity contribution in [3.8, 4) is 11.3 Å². The molecule has 106 valence electrons. The van der Waals surface area contributed by atoms with Crippen LogP contribution < -0.4 is 5.32 Å². The number of hydrogen-bond acceptors (Lipinski definition) is 3. The Morgan fingerprint density at radius 3 is 2.85 bits per heavy atom. The second-order valence-corrected chi connectivity index (χ2v) is 5.10. The zero-order valence-electron chi connectivity index (χ0n) is 12.4. The molecule has 0 unspecified atom stereocenters. The Kier molecular flexibility index (Phi) is 5.13. The van der Waals surface area contributed by atoms with Crippen LogP contribution >= 0.6 is 0 Å². The molecule has 0 radical (unpaired) electrons. The highest BCUT2D eigenvalue weighted by Gasteiger charge is 2.07. The van der Waals surface area contributed by atoms with E-state index in [-0.39, 0.29) is 0 Å². The van der Waals surface area contributed by atoms with Gasteiger partial charge in [-0.1, -0.05) is 26.3 Å². The van der Waals surface area contributed by atoms with Crippen LogP contribution in [0.15, 0.2) is 46.6 Å². The fraction of sp³-hybridized carbons (Fsp3) is 0.353. The Bertz CT molecular complexity index is 555. The normalized spacial score (nSPS) is 12.1. The SMILES string of the molecule is CCNCC(=Cc1ccc(-c2cccnc2)o1)C(C)C. The maximum Gasteiger partial charge on any atom is 0.136 e. The molecule has 0 amide bonds. The lowest BCUT2D eigenvalue weighted by atomic mass is 10.0. The number of furan rings is 1. The minimum absolute atomic E-state index is 0.501. The number of hydrogen-bond donors (Lipinski definition) is 1. The molecule has 0 saturated heterocycles. The number of nitrogens with zero attached hydrogens (tertiary/aromatic N) is 1. The van der Waals surface area contributed by atoms with Crippen LogP contribution in [0.4, 0.5) is 0 Å². The minimum atomic E-state index is 0.501. The Morgan fingerprint density at radius 1 is 1.35 bits per heavy atom. The van der Waals surface area contributed by atoms with Gasteiger partial charge in [0.1, 0.15) is 11.5 Å². The third-order valence-corrected chi connectivity index (χ3v) is 3.22. The minimum Gasteiger partial charge on any atom is -0.457 e. The Balaban J connectivity index is 2.19. The van der Waals surface area contributed by atoms with Crippen molar-refractivity contribution in [2.24, 2.45) is 5.92 Å². The Labute approximate surface area is 120 Å². The number of rotatable bonds is 6. The van der Waals surface area contributed by atoms with Gasteiger partial charge >= 0.3 is 0 Å². The molecule has 2 rings (SSSR count). The summed E-state index contributed by atoms with van der Waals surface area (Å²) in [6.07, 6.45) is 5.71. The Morgan fingerprint density at radius 2 is 2.20 bits per heavy atom. The first-order valence-electron chi connectivity index (χ1n) is 7.12. The van der Waals surface area contributed by atoms with Crippen molar-refractivity contribution < 1.29 is 4.42 Å². The number of nitrogens with one attached hydrogen (secondary N) is 1. The summed E-state index contributed by atoms with van der Waals surface area (Å²) < 4.78 is 5.89. The summed E-state index contributed by atoms with van der Waals surface area (Å²) in [6.45, 7) is 8.40. The zero-order chi connectivity index (χ0) is 14.4. The van der Waals surface area contributed by atoms with Crippen LogP contribution in [-0.2, 0) is 0 Å². The van der Waals surface area contributed by atoms with Crippen molar-refractivity contribution in [2.45, 2.75) is 20.8 Å². The molecular formula is C17H22N2O. The molecule has 2 aromatic heterocycles. The van der Waals surface area contributed by atoms with Gasteiger partial charge in [-0.2, -0.15) is 0 Å². The third-order valence-electron chi connectivity index (χ3n) is 3.22. The van der Waals surface area contributed by atoms with Crippen molar-refractivity contribution in [1.82, 2.24) is 10.3 Å². The quantitative estimate of drug-likeness (QED) is 0.862. The predicted molar refractivity (Wildman–Crippen MR) is 83.3 cm³/mol. The fourth-order valence-electron chi connectivity index (χ4n) is 1.97. The van der Waals surface area contributed by atoms with E-state index in [4.69, 9.17) is 4.42 Å². The molecule has 0 aliphatic rings. The molecule has 0 aliphatic heterocycles. The summed E-state index contributed by atoms with van der Waals surface area (Å²) in [7, 11) is 0. The first-order chi connectivity index (χ1) is 9.70. The lowest BCUT2D eigenvalue weighted by Gasteiger charge is -2.11. The monoisotopic (exact) mass is 270 g/mol. The summed E-state index contributed by atoms with van der Waals surface area (Å²) >= 11 is 0. The van der Waals surface area contributed by atoms with Crippen LogP contribution in [0.3, 0.4) is 0 Å². The van der Waals surface area contributed by atoms with E-state index in [1.807, 2.05) is 30.5 Å². The second kappa shape index (κ2) is 7.06. The van der Waals surface area contributed by atoms with Crippen LogP contribution in [0.5, 0.6) is 0 Å². The lowest BCUT2D eigenvalue weighted by molar-refractivity contribution is 0.568. The molecule has 0 aliphatic carbocycles. The second-order valence-electron chi connectivity index (χ2n) is 5.10. The summed E-state index contributed by atoms with van der Waals surface area (Å²) in [5.41, 5.74) is 2.35. The van der Waals surface area contributed by atoms with E-state index in [2.05, 4.69) is 37.1 Å². The van der Waals surface area contributed by atoms with Gasteiger partial charge in [0.2, 0.25) is 0 Å². The van der Waals surface area contributed by atoms with Gasteiger partial charge < -0.3 is 9.73 Å². The molecular weight excluding hydrogens is 248 g/mol. The highest BCUT2D eigenvalue weighted by molar-refractivity contribution is 5.59. The summed E-state index contributed by atoms with van der Waals surface area (Å²) in [4.78, 5) is 4.11. The maximum absolute atomic E-state index is 5.89. The predicted octanol–water partition coefficient (Wildman–Crippen LogP) is 3.99. The molecule has 0 aromatic carbocycles. The molecule has 1 N–H and O–H groups in total. The van der Waals surface area contributed by atoms with Crippen molar-refractivity contribution in [1.29, 1.82) is 0 Å². The first-order valence-corrected chi connectivity index (χ1v) is 7.12. The van der Waals surface area contributed by atoms with Crippen LogP contribution in [0.25, 0.3) is 17.4 Å². The van der Waals surface area contributed by atoms with E-state index in [0.717, 1.165) is 30.2 Å². The molecule has 0 spiro atoms. The van der Waals surface area contributed by atoms with E-state index < -0.39 is 0 Å². The van der Waals surface area contributed by atoms with E-state index >= 15 is 0 Å². The smallest absolute Gasteiger partial charge is 0.136 e. The van der Waals surface area contributed by atoms with Crippen LogP contribution in [0.1, 0.15) is 26.5 Å². The molecule has 3 heteroatoms. The van der Waals surface area contributed by atoms with Crippen molar-refractivity contribution in [3.05, 3.63) is 48.0 Å². The molecule has 3 nitrogen and oxygen atoms in total. The van der Waals surface area contributed by atoms with Gasteiger partial charge in [0.25, 0.3) is 0 Å². The summed E-state index contributed by atoms with van der Waals surface area (Å²) in [5, 5.41) is 3.37. The standard InChI is InChI=1S/C17H22N2O/c1-4-18-12-15(13(2)3)10-16-7-8-17(20-16)14-6-5-9-19-11-14/h5-11,13,18H,4,12H2,1-3H3. The van der Waals surface area contributed by atoms with Gasteiger partial charge in [-0.25, -0.2) is 0 Å². The number of likely N-dealkylation sites (N-methyl/N-ethyl adjacent to an activating group) is 1. The van der Waals surface area contributed by atoms with Crippen molar-refractivity contribution in [2.75, 3.05) is 13.1 Å². The summed E-state index contributed by atoms with van der Waals surface area (Å²) in [6, 6.07) is 7.92. The first kappa shape index (κ1) is 14.5. The maximum atomic E-state index is 5.89. The van der Waals surface area contributed by atoms with Gasteiger partial charge in [-0.15, -0.1) is 0 Å². The van der Waals surface area contributed by atoms with Crippen molar-refractivity contribution >= 4 is 6.08 Å². The van der Waals surface area contributed by atoms with E-state index in [1.165, 1.54) is 5.57 Å². The third kappa shape index (κ3) is 3.81. The average Bonchev–Trinajstić information content (AvgIpc) is 2.92. The van der Waals surface area contributed by atoms with Gasteiger partial charge in [0.05, 0.1) is 0 Å². The zero-order valence-corrected chi connectivity index (χ0v) is 12.4. The van der Waals surface area contributed by atoms with E-state index in [9.17, 15) is 0 Å². The van der Waals surface area contributed by atoms with Crippen molar-refractivity contribution in [3.63, 3.8) is 0 Å². The Hall–Kier alpha value is -1.87. The van der Waals surface area contributed by atoms with Crippen LogP contribution in [-0.4, -0.2) is 18.1 Å². The fourth-order valence-corrected chi connectivity index (χ4v) is 1.97. The number of aromatic nitrogens is 1. The van der Waals surface area contributed by atoms with E-state index in [0.29, 0.717) is 5.92 Å². The molecule has 0 atom stereocenters. The molecule has 0 saturated carbocycles. The molecule has 0 bridgehead atoms. The molecule has 2 heterocycles. The molecule has 0 fully saturated rings. The highest BCUT2D eigenvalue weighted by atomic mass is 16.3. The van der Waals surface area contributed by atoms with Crippen LogP contribution in [0, 0.1) is 5.92 Å².